The number of aromatic nitrogens is 2. The second kappa shape index (κ2) is 3.33. The van der Waals surface area contributed by atoms with Crippen LogP contribution in [0.2, 0.25) is 0 Å². The van der Waals surface area contributed by atoms with Crippen LogP contribution < -0.4 is 4.06 Å². The molecule has 1 aromatic carbocycles. The summed E-state index contributed by atoms with van der Waals surface area (Å²) in [7, 11) is 0. The highest BCUT2D eigenvalue weighted by atomic mass is 32.2. The van der Waals surface area contributed by atoms with Gasteiger partial charge in [-0.3, -0.25) is 4.79 Å². The van der Waals surface area contributed by atoms with E-state index in [0.29, 0.717) is 0 Å². The van der Waals surface area contributed by atoms with Crippen LogP contribution in [0.4, 0.5) is 0 Å². The number of fused-ring (bicyclic) bond motifs is 2. The van der Waals surface area contributed by atoms with E-state index in [4.69, 9.17) is 0 Å². The number of nitrogens with zero attached hydrogens (tertiary/aromatic N) is 2. The lowest BCUT2D eigenvalue weighted by molar-refractivity contribution is 1.35. The number of benzene rings is 1. The van der Waals surface area contributed by atoms with Gasteiger partial charge >= 0.3 is 0 Å². The van der Waals surface area contributed by atoms with Crippen molar-refractivity contribution >= 4 is 43.4 Å². The fourth-order valence-electron chi connectivity index (χ4n) is 1.79. The summed E-state index contributed by atoms with van der Waals surface area (Å²) < 4.78 is 0.0553. The Hall–Kier alpha value is -1.33. The maximum absolute atomic E-state index is 11.3. The predicted octanol–water partition coefficient (Wildman–Crippen LogP) is 2.88. The molecule has 5 heteroatoms. The van der Waals surface area contributed by atoms with Gasteiger partial charge in [-0.05, 0) is 31.0 Å². The Balaban J connectivity index is 2.55. The van der Waals surface area contributed by atoms with Crippen LogP contribution in [0.1, 0.15) is 11.1 Å². The van der Waals surface area contributed by atoms with E-state index in [2.05, 4.69) is 16.0 Å². The second-order valence-electron chi connectivity index (χ2n) is 3.74. The van der Waals surface area contributed by atoms with Crippen LogP contribution in [-0.4, -0.2) is 9.97 Å². The lowest BCUT2D eigenvalue weighted by Gasteiger charge is -2.02. The van der Waals surface area contributed by atoms with Gasteiger partial charge in [-0.1, -0.05) is 28.7 Å². The molecule has 2 aromatic heterocycles. The van der Waals surface area contributed by atoms with Crippen LogP contribution in [0.3, 0.4) is 0 Å². The van der Waals surface area contributed by atoms with Crippen molar-refractivity contribution in [3.8, 4) is 0 Å². The molecule has 0 saturated heterocycles. The summed E-state index contributed by atoms with van der Waals surface area (Å²) >= 11 is 2.34. The monoisotopic (exact) mass is 248 g/mol. The molecule has 0 saturated carbocycles. The minimum Gasteiger partial charge on any atom is -0.265 e. The molecule has 0 unspecified atom stereocenters. The number of rotatable bonds is 0. The molecule has 0 aliphatic rings. The van der Waals surface area contributed by atoms with E-state index >= 15 is 0 Å². The zero-order valence-electron chi connectivity index (χ0n) is 8.77. The first-order chi connectivity index (χ1) is 7.63. The van der Waals surface area contributed by atoms with Crippen LogP contribution in [0, 0.1) is 13.8 Å². The van der Waals surface area contributed by atoms with Gasteiger partial charge in [0.15, 0.2) is 9.66 Å². The number of hydrogen-bond donors (Lipinski definition) is 0. The molecule has 0 spiro atoms. The summed E-state index contributed by atoms with van der Waals surface area (Å²) in [6, 6.07) is 4.08. The van der Waals surface area contributed by atoms with Crippen molar-refractivity contribution in [2.45, 2.75) is 13.8 Å². The number of hydrogen-bond acceptors (Lipinski definition) is 5. The molecular weight excluding hydrogens is 240 g/mol. The summed E-state index contributed by atoms with van der Waals surface area (Å²) in [5.74, 6) is 0. The quantitative estimate of drug-likeness (QED) is 0.614. The highest BCUT2D eigenvalue weighted by Crippen LogP contribution is 2.23. The first-order valence-electron chi connectivity index (χ1n) is 4.82. The molecule has 0 radical (unpaired) electrons. The van der Waals surface area contributed by atoms with Crippen LogP contribution in [0.5, 0.6) is 0 Å². The molecule has 3 aromatic rings. The van der Waals surface area contributed by atoms with Gasteiger partial charge in [-0.2, -0.15) is 0 Å². The Labute approximate surface area is 99.4 Å². The fraction of sp³-hybridized carbons (Fsp3) is 0.182. The predicted molar refractivity (Wildman–Crippen MR) is 68.5 cm³/mol. The van der Waals surface area contributed by atoms with Gasteiger partial charge < -0.3 is 0 Å². The van der Waals surface area contributed by atoms with Gasteiger partial charge in [0, 0.05) is 0 Å². The molecule has 2 heterocycles. The van der Waals surface area contributed by atoms with Gasteiger partial charge in [0.2, 0.25) is 0 Å². The van der Waals surface area contributed by atoms with Crippen molar-refractivity contribution in [1.29, 1.82) is 0 Å². The topological polar surface area (TPSA) is 42.9 Å². The van der Waals surface area contributed by atoms with Crippen LogP contribution in [-0.2, 0) is 0 Å². The molecule has 0 bridgehead atoms. The summed E-state index contributed by atoms with van der Waals surface area (Å²) in [4.78, 5) is 21.8. The highest BCUT2D eigenvalue weighted by molar-refractivity contribution is 7.35. The molecule has 16 heavy (non-hydrogen) atoms. The molecule has 0 N–H and O–H groups in total. The molecule has 3 nitrogen and oxygen atoms in total. The van der Waals surface area contributed by atoms with E-state index in [1.54, 1.807) is 0 Å². The Morgan fingerprint density at radius 3 is 2.50 bits per heavy atom. The van der Waals surface area contributed by atoms with E-state index in [-0.39, 0.29) is 4.06 Å². The first-order valence-corrected chi connectivity index (χ1v) is 6.45. The van der Waals surface area contributed by atoms with Crippen molar-refractivity contribution in [2.75, 3.05) is 0 Å². The van der Waals surface area contributed by atoms with Crippen molar-refractivity contribution in [3.63, 3.8) is 0 Å². The average molecular weight is 248 g/mol. The minimum absolute atomic E-state index is 0.0553. The molecule has 0 aliphatic carbocycles. The smallest absolute Gasteiger partial charge is 0.265 e. The van der Waals surface area contributed by atoms with Crippen molar-refractivity contribution in [3.05, 3.63) is 32.1 Å². The zero-order valence-corrected chi connectivity index (χ0v) is 10.4. The Morgan fingerprint density at radius 2 is 1.75 bits per heavy atom. The molecule has 0 amide bonds. The zero-order chi connectivity index (χ0) is 11.3. The van der Waals surface area contributed by atoms with Crippen LogP contribution in [0.15, 0.2) is 16.9 Å². The van der Waals surface area contributed by atoms with Gasteiger partial charge in [0.05, 0.1) is 11.0 Å². The molecule has 0 atom stereocenters. The fourth-order valence-corrected chi connectivity index (χ4v) is 3.54. The molecule has 0 aliphatic heterocycles. The lowest BCUT2D eigenvalue weighted by Crippen LogP contribution is -1.88. The van der Waals surface area contributed by atoms with Gasteiger partial charge in [0.25, 0.3) is 4.06 Å². The van der Waals surface area contributed by atoms with E-state index < -0.39 is 0 Å². The van der Waals surface area contributed by atoms with Crippen LogP contribution >= 0.6 is 22.7 Å². The van der Waals surface area contributed by atoms with E-state index in [1.807, 2.05) is 19.9 Å². The standard InChI is InChI=1S/C11H8N2OS2/c1-5-3-6(2)8-7(4-5)12-9-10(13-8)16-11(14)15-9/h3-4H,1-2H3. The summed E-state index contributed by atoms with van der Waals surface area (Å²) in [5.41, 5.74) is 4.04. The summed E-state index contributed by atoms with van der Waals surface area (Å²) in [6.45, 7) is 4.05. The van der Waals surface area contributed by atoms with E-state index in [1.165, 1.54) is 28.2 Å². The molecule has 0 fully saturated rings. The van der Waals surface area contributed by atoms with Gasteiger partial charge in [0.1, 0.15) is 0 Å². The normalized spacial score (nSPS) is 11.4. The third kappa shape index (κ3) is 1.44. The van der Waals surface area contributed by atoms with Crippen LogP contribution in [0.25, 0.3) is 20.7 Å². The van der Waals surface area contributed by atoms with E-state index in [9.17, 15) is 4.79 Å². The van der Waals surface area contributed by atoms with Crippen molar-refractivity contribution in [2.24, 2.45) is 0 Å². The minimum atomic E-state index is 0.0553. The maximum atomic E-state index is 11.3. The Bertz CT molecular complexity index is 758. The Kier molecular flexibility index (Phi) is 2.05. The SMILES string of the molecule is Cc1cc(C)c2nc3sc(=O)sc3nc2c1. The molecule has 80 valence electrons. The second-order valence-corrected chi connectivity index (χ2v) is 5.92. The van der Waals surface area contributed by atoms with Gasteiger partial charge in [-0.15, -0.1) is 0 Å². The third-order valence-electron chi connectivity index (χ3n) is 2.40. The summed E-state index contributed by atoms with van der Waals surface area (Å²) in [6.07, 6.45) is 0. The third-order valence-corrected chi connectivity index (χ3v) is 4.32. The maximum Gasteiger partial charge on any atom is 0.291 e. The highest BCUT2D eigenvalue weighted by Gasteiger charge is 2.08. The largest absolute Gasteiger partial charge is 0.291 e. The van der Waals surface area contributed by atoms with Gasteiger partial charge in [-0.25, -0.2) is 9.97 Å². The molecule has 3 rings (SSSR count). The van der Waals surface area contributed by atoms with Crippen molar-refractivity contribution in [1.82, 2.24) is 9.97 Å². The number of aryl methyl sites for hydroxylation is 2. The molecular formula is C11H8N2OS2. The lowest BCUT2D eigenvalue weighted by atomic mass is 10.1. The Morgan fingerprint density at radius 1 is 1.06 bits per heavy atom. The summed E-state index contributed by atoms with van der Waals surface area (Å²) in [5, 5.41) is 0. The van der Waals surface area contributed by atoms with E-state index in [0.717, 1.165) is 26.3 Å². The average Bonchev–Trinajstić information content (AvgIpc) is 2.54. The van der Waals surface area contributed by atoms with Crippen molar-refractivity contribution < 1.29 is 0 Å². The first kappa shape index (κ1) is 9.86.